The van der Waals surface area contributed by atoms with Crippen LogP contribution in [0.25, 0.3) is 6.08 Å². The van der Waals surface area contributed by atoms with Crippen molar-refractivity contribution >= 4 is 12.0 Å². The molecular formula is C22H24F2N2O3. The van der Waals surface area contributed by atoms with Crippen molar-refractivity contribution in [1.29, 1.82) is 0 Å². The molecule has 7 heteroatoms. The Morgan fingerprint density at radius 1 is 1.07 bits per heavy atom. The molecule has 0 aromatic heterocycles. The van der Waals surface area contributed by atoms with Crippen LogP contribution in [0.15, 0.2) is 54.6 Å². The van der Waals surface area contributed by atoms with Crippen LogP contribution in [0, 0.1) is 0 Å². The van der Waals surface area contributed by atoms with Crippen molar-refractivity contribution in [2.75, 3.05) is 33.3 Å². The Hall–Kier alpha value is -2.93. The maximum Gasteiger partial charge on any atom is 0.387 e. The quantitative estimate of drug-likeness (QED) is 0.663. The van der Waals surface area contributed by atoms with Gasteiger partial charge in [0.25, 0.3) is 0 Å². The smallest absolute Gasteiger partial charge is 0.387 e. The summed E-state index contributed by atoms with van der Waals surface area (Å²) < 4.78 is 33.9. The number of hydrogen-bond acceptors (Lipinski definition) is 4. The first-order valence-electron chi connectivity index (χ1n) is 9.40. The summed E-state index contributed by atoms with van der Waals surface area (Å²) in [5.74, 6) is 0.879. The molecule has 2 aromatic carbocycles. The Morgan fingerprint density at radius 2 is 1.79 bits per heavy atom. The summed E-state index contributed by atoms with van der Waals surface area (Å²) in [6.45, 7) is 0.901. The monoisotopic (exact) mass is 402 g/mol. The highest BCUT2D eigenvalue weighted by Crippen LogP contribution is 2.17. The molecule has 154 valence electrons. The van der Waals surface area contributed by atoms with Crippen molar-refractivity contribution in [3.63, 3.8) is 0 Å². The molecule has 1 heterocycles. The fraction of sp³-hybridized carbons (Fsp3) is 0.318. The second-order valence-electron chi connectivity index (χ2n) is 6.73. The van der Waals surface area contributed by atoms with Gasteiger partial charge in [-0.2, -0.15) is 8.78 Å². The first kappa shape index (κ1) is 20.8. The van der Waals surface area contributed by atoms with E-state index in [4.69, 9.17) is 4.74 Å². The van der Waals surface area contributed by atoms with E-state index in [-0.39, 0.29) is 11.7 Å². The second kappa shape index (κ2) is 10.0. The topological polar surface area (TPSA) is 42.0 Å². The van der Waals surface area contributed by atoms with E-state index >= 15 is 0 Å². The van der Waals surface area contributed by atoms with Crippen LogP contribution in [0.4, 0.5) is 8.78 Å². The summed E-state index contributed by atoms with van der Waals surface area (Å²) in [6, 6.07) is 14.2. The largest absolute Gasteiger partial charge is 0.497 e. The van der Waals surface area contributed by atoms with Gasteiger partial charge in [-0.25, -0.2) is 0 Å². The molecule has 0 bridgehead atoms. The molecule has 0 N–H and O–H groups in total. The van der Waals surface area contributed by atoms with Gasteiger partial charge in [0.2, 0.25) is 5.91 Å². The number of benzene rings is 2. The van der Waals surface area contributed by atoms with Gasteiger partial charge in [0.1, 0.15) is 11.5 Å². The van der Waals surface area contributed by atoms with Crippen LogP contribution in [-0.2, 0) is 11.3 Å². The zero-order chi connectivity index (χ0) is 20.6. The molecule has 0 atom stereocenters. The molecule has 1 saturated heterocycles. The Kier molecular flexibility index (Phi) is 7.19. The molecule has 0 aliphatic carbocycles. The zero-order valence-electron chi connectivity index (χ0n) is 16.3. The van der Waals surface area contributed by atoms with Crippen molar-refractivity contribution in [3.8, 4) is 11.5 Å². The van der Waals surface area contributed by atoms with Crippen molar-refractivity contribution < 1.29 is 23.0 Å². The molecule has 1 amide bonds. The Morgan fingerprint density at radius 3 is 2.45 bits per heavy atom. The summed E-state index contributed by atoms with van der Waals surface area (Å²) in [6.07, 6.45) is 3.19. The van der Waals surface area contributed by atoms with Crippen LogP contribution < -0.4 is 9.47 Å². The zero-order valence-corrected chi connectivity index (χ0v) is 16.3. The van der Waals surface area contributed by atoms with Crippen molar-refractivity contribution in [2.24, 2.45) is 0 Å². The number of hydrogen-bond donors (Lipinski definition) is 0. The molecule has 5 nitrogen and oxygen atoms in total. The summed E-state index contributed by atoms with van der Waals surface area (Å²) in [5, 5.41) is 0. The standard InChI is InChI=1S/C22H24F2N2O3/c1-28-20-4-2-3-18(15-20)16-25-11-13-26(14-12-25)21(27)10-7-17-5-8-19(9-6-17)29-22(23)24/h2-10,15,22H,11-14,16H2,1H3/b10-7-. The highest BCUT2D eigenvalue weighted by Gasteiger charge is 2.19. The van der Waals surface area contributed by atoms with E-state index in [9.17, 15) is 13.6 Å². The first-order valence-corrected chi connectivity index (χ1v) is 9.40. The lowest BCUT2D eigenvalue weighted by Gasteiger charge is -2.34. The number of carbonyl (C=O) groups excluding carboxylic acids is 1. The normalized spacial score (nSPS) is 15.1. The highest BCUT2D eigenvalue weighted by atomic mass is 19.3. The fourth-order valence-electron chi connectivity index (χ4n) is 3.19. The number of ether oxygens (including phenoxy) is 2. The third-order valence-corrected chi connectivity index (χ3v) is 4.75. The average Bonchev–Trinajstić information content (AvgIpc) is 2.73. The van der Waals surface area contributed by atoms with Crippen molar-refractivity contribution in [3.05, 3.63) is 65.7 Å². The van der Waals surface area contributed by atoms with E-state index in [2.05, 4.69) is 15.7 Å². The molecule has 0 unspecified atom stereocenters. The summed E-state index contributed by atoms with van der Waals surface area (Å²) in [7, 11) is 1.66. The summed E-state index contributed by atoms with van der Waals surface area (Å²) >= 11 is 0. The lowest BCUT2D eigenvalue weighted by atomic mass is 10.1. The second-order valence-corrected chi connectivity index (χ2v) is 6.73. The van der Waals surface area contributed by atoms with E-state index < -0.39 is 6.61 Å². The minimum atomic E-state index is -2.85. The van der Waals surface area contributed by atoms with E-state index in [1.165, 1.54) is 23.8 Å². The predicted molar refractivity (Wildman–Crippen MR) is 107 cm³/mol. The molecule has 3 rings (SSSR count). The van der Waals surface area contributed by atoms with Crippen LogP contribution >= 0.6 is 0 Å². The molecule has 0 spiro atoms. The van der Waals surface area contributed by atoms with Crippen molar-refractivity contribution in [2.45, 2.75) is 13.2 Å². The molecule has 1 fully saturated rings. The maximum absolute atomic E-state index is 12.4. The van der Waals surface area contributed by atoms with Gasteiger partial charge in [-0.05, 0) is 41.5 Å². The van der Waals surface area contributed by atoms with Crippen LogP contribution in [0.2, 0.25) is 0 Å². The lowest BCUT2D eigenvalue weighted by Crippen LogP contribution is -2.47. The van der Waals surface area contributed by atoms with Crippen LogP contribution in [0.3, 0.4) is 0 Å². The maximum atomic E-state index is 12.4. The van der Waals surface area contributed by atoms with E-state index in [1.54, 1.807) is 25.3 Å². The van der Waals surface area contributed by atoms with Crippen LogP contribution in [0.5, 0.6) is 11.5 Å². The molecule has 1 aliphatic heterocycles. The lowest BCUT2D eigenvalue weighted by molar-refractivity contribution is -0.127. The third kappa shape index (κ3) is 6.29. The van der Waals surface area contributed by atoms with E-state index in [0.717, 1.165) is 30.9 Å². The molecular weight excluding hydrogens is 378 g/mol. The first-order chi connectivity index (χ1) is 14.0. The molecule has 0 saturated carbocycles. The number of rotatable bonds is 7. The van der Waals surface area contributed by atoms with Gasteiger partial charge in [0, 0.05) is 38.8 Å². The van der Waals surface area contributed by atoms with Crippen LogP contribution in [-0.4, -0.2) is 55.6 Å². The number of carbonyl (C=O) groups is 1. The minimum absolute atomic E-state index is 0.0565. The van der Waals surface area contributed by atoms with Gasteiger partial charge in [-0.3, -0.25) is 9.69 Å². The molecule has 29 heavy (non-hydrogen) atoms. The summed E-state index contributed by atoms with van der Waals surface area (Å²) in [4.78, 5) is 16.5. The number of halogens is 2. The number of amides is 1. The van der Waals surface area contributed by atoms with E-state index in [1.807, 2.05) is 23.1 Å². The molecule has 0 radical (unpaired) electrons. The van der Waals surface area contributed by atoms with E-state index in [0.29, 0.717) is 13.1 Å². The SMILES string of the molecule is COc1cccc(CN2CCN(C(=O)/C=C\c3ccc(OC(F)F)cc3)CC2)c1. The number of nitrogens with zero attached hydrogens (tertiary/aromatic N) is 2. The van der Waals surface area contributed by atoms with Gasteiger partial charge in [-0.15, -0.1) is 0 Å². The van der Waals surface area contributed by atoms with Gasteiger partial charge in [0.05, 0.1) is 7.11 Å². The van der Waals surface area contributed by atoms with Gasteiger partial charge >= 0.3 is 6.61 Å². The third-order valence-electron chi connectivity index (χ3n) is 4.75. The van der Waals surface area contributed by atoms with Gasteiger partial charge < -0.3 is 14.4 Å². The Labute approximate surface area is 169 Å². The minimum Gasteiger partial charge on any atom is -0.497 e. The highest BCUT2D eigenvalue weighted by molar-refractivity contribution is 5.91. The summed E-state index contributed by atoms with van der Waals surface area (Å²) in [5.41, 5.74) is 1.93. The number of methoxy groups -OCH3 is 1. The Bertz CT molecular complexity index is 832. The molecule has 1 aliphatic rings. The van der Waals surface area contributed by atoms with Gasteiger partial charge in [0.15, 0.2) is 0 Å². The molecule has 2 aromatic rings. The van der Waals surface area contributed by atoms with Crippen LogP contribution in [0.1, 0.15) is 11.1 Å². The number of piperazine rings is 1. The predicted octanol–water partition coefficient (Wildman–Crippen LogP) is 3.65. The van der Waals surface area contributed by atoms with Gasteiger partial charge in [-0.1, -0.05) is 24.3 Å². The van der Waals surface area contributed by atoms with Crippen molar-refractivity contribution in [1.82, 2.24) is 9.80 Å². The fourth-order valence-corrected chi connectivity index (χ4v) is 3.19. The Balaban J connectivity index is 1.47. The average molecular weight is 402 g/mol. The number of alkyl halides is 2.